The molecule has 65 heavy (non-hydrogen) atoms. The highest BCUT2D eigenvalue weighted by molar-refractivity contribution is 7.45. The summed E-state index contributed by atoms with van der Waals surface area (Å²) in [4.78, 5) is 37.7. The molecule has 0 aliphatic carbocycles. The van der Waals surface area contributed by atoms with Crippen LogP contribution >= 0.6 is 7.82 Å². The van der Waals surface area contributed by atoms with Crippen molar-refractivity contribution >= 4 is 19.8 Å². The van der Waals surface area contributed by atoms with E-state index in [0.29, 0.717) is 17.4 Å². The summed E-state index contributed by atoms with van der Waals surface area (Å²) < 4.78 is 34.0. The van der Waals surface area contributed by atoms with Crippen LogP contribution in [-0.2, 0) is 32.7 Å². The fraction of sp³-hybridized carbons (Fsp3) is 0.709. The van der Waals surface area contributed by atoms with Crippen molar-refractivity contribution in [3.63, 3.8) is 0 Å². The van der Waals surface area contributed by atoms with Crippen LogP contribution in [0.4, 0.5) is 0 Å². The molecular weight excluding hydrogens is 834 g/mol. The maximum atomic E-state index is 12.7. The van der Waals surface area contributed by atoms with Gasteiger partial charge in [0.15, 0.2) is 6.10 Å². The Balaban J connectivity index is 4.34. The average Bonchev–Trinajstić information content (AvgIpc) is 3.26. The van der Waals surface area contributed by atoms with Gasteiger partial charge >= 0.3 is 11.9 Å². The van der Waals surface area contributed by atoms with Crippen LogP contribution in [0.25, 0.3) is 0 Å². The van der Waals surface area contributed by atoms with Crippen molar-refractivity contribution in [1.29, 1.82) is 0 Å². The Hall–Kier alpha value is -2.81. The number of hydrogen-bond acceptors (Lipinski definition) is 8. The third kappa shape index (κ3) is 50.4. The lowest BCUT2D eigenvalue weighted by Gasteiger charge is -2.28. The van der Waals surface area contributed by atoms with Crippen molar-refractivity contribution in [2.24, 2.45) is 0 Å². The molecule has 10 heteroatoms. The third-order valence-corrected chi connectivity index (χ3v) is 11.6. The molecule has 0 saturated carbocycles. The van der Waals surface area contributed by atoms with E-state index in [1.54, 1.807) is 0 Å². The highest BCUT2D eigenvalue weighted by atomic mass is 31.2. The van der Waals surface area contributed by atoms with Crippen molar-refractivity contribution in [1.82, 2.24) is 0 Å². The van der Waals surface area contributed by atoms with Crippen LogP contribution in [0.1, 0.15) is 200 Å². The molecule has 0 amide bonds. The molecule has 0 heterocycles. The van der Waals surface area contributed by atoms with Crippen LogP contribution in [0.2, 0.25) is 0 Å². The quantitative estimate of drug-likeness (QED) is 0.0195. The minimum atomic E-state index is -4.64. The first-order valence-corrected chi connectivity index (χ1v) is 27.3. The minimum absolute atomic E-state index is 0.0411. The number of phosphoric ester groups is 1. The Morgan fingerprint density at radius 1 is 0.492 bits per heavy atom. The molecule has 0 aliphatic heterocycles. The summed E-state index contributed by atoms with van der Waals surface area (Å²) in [5.41, 5.74) is 0. The lowest BCUT2D eigenvalue weighted by molar-refractivity contribution is -0.870. The number of phosphoric acid groups is 1. The normalized spacial score (nSPS) is 14.1. The SMILES string of the molecule is CC/C=C\C/C=C\C/C=C\C/C=C\C/C=C\C/C=C\CCCCCCC(=O)OC(COC(=O)CCCCCCCCC/C=C\CCCCCCCCC)COP(=O)([O-])OCC[N+](C)(C)C. The zero-order valence-corrected chi connectivity index (χ0v) is 43.0. The lowest BCUT2D eigenvalue weighted by atomic mass is 10.1. The molecule has 0 aliphatic rings. The topological polar surface area (TPSA) is 111 Å². The summed E-state index contributed by atoms with van der Waals surface area (Å²) in [5.74, 6) is -0.872. The molecule has 9 nitrogen and oxygen atoms in total. The number of carbonyl (C=O) groups is 2. The molecule has 0 fully saturated rings. The van der Waals surface area contributed by atoms with Gasteiger partial charge in [-0.2, -0.15) is 0 Å². The highest BCUT2D eigenvalue weighted by Crippen LogP contribution is 2.38. The zero-order valence-electron chi connectivity index (χ0n) is 42.2. The maximum Gasteiger partial charge on any atom is 0.306 e. The predicted octanol–water partition coefficient (Wildman–Crippen LogP) is 14.9. The van der Waals surface area contributed by atoms with Gasteiger partial charge in [-0.15, -0.1) is 0 Å². The third-order valence-electron chi connectivity index (χ3n) is 10.6. The number of likely N-dealkylation sites (N-methyl/N-ethyl adjacent to an activating group) is 1. The van der Waals surface area contributed by atoms with E-state index in [2.05, 4.69) is 98.9 Å². The van der Waals surface area contributed by atoms with Crippen LogP contribution in [0.3, 0.4) is 0 Å². The number of unbranched alkanes of at least 4 members (excludes halogenated alkanes) is 18. The first-order valence-electron chi connectivity index (χ1n) is 25.8. The second-order valence-electron chi connectivity index (χ2n) is 18.1. The van der Waals surface area contributed by atoms with Crippen molar-refractivity contribution < 1.29 is 42.1 Å². The van der Waals surface area contributed by atoms with Crippen molar-refractivity contribution in [3.8, 4) is 0 Å². The average molecular weight is 930 g/mol. The van der Waals surface area contributed by atoms with Gasteiger partial charge in [0.2, 0.25) is 0 Å². The first kappa shape index (κ1) is 62.2. The zero-order chi connectivity index (χ0) is 47.8. The number of nitrogens with zero attached hydrogens (tertiary/aromatic N) is 1. The van der Waals surface area contributed by atoms with Gasteiger partial charge in [-0.3, -0.25) is 14.2 Å². The Kier molecular flexibility index (Phi) is 44.3. The summed E-state index contributed by atoms with van der Waals surface area (Å²) in [5, 5.41) is 0. The number of esters is 2. The van der Waals surface area contributed by atoms with Gasteiger partial charge in [0.05, 0.1) is 27.7 Å². The Morgan fingerprint density at radius 3 is 1.32 bits per heavy atom. The molecule has 374 valence electrons. The van der Waals surface area contributed by atoms with Crippen LogP contribution in [0.15, 0.2) is 85.1 Å². The summed E-state index contributed by atoms with van der Waals surface area (Å²) in [6.45, 7) is 4.08. The van der Waals surface area contributed by atoms with Crippen molar-refractivity contribution in [2.45, 2.75) is 206 Å². The fourth-order valence-corrected chi connectivity index (χ4v) is 7.38. The maximum absolute atomic E-state index is 12.7. The summed E-state index contributed by atoms with van der Waals surface area (Å²) in [6, 6.07) is 0. The van der Waals surface area contributed by atoms with E-state index in [9.17, 15) is 19.0 Å². The number of hydrogen-bond donors (Lipinski definition) is 0. The Morgan fingerprint density at radius 2 is 0.877 bits per heavy atom. The smallest absolute Gasteiger partial charge is 0.306 e. The van der Waals surface area contributed by atoms with Crippen molar-refractivity contribution in [3.05, 3.63) is 85.1 Å². The lowest BCUT2D eigenvalue weighted by Crippen LogP contribution is -2.37. The largest absolute Gasteiger partial charge is 0.756 e. The van der Waals surface area contributed by atoms with Gasteiger partial charge in [-0.25, -0.2) is 0 Å². The Bertz CT molecular complexity index is 1380. The van der Waals surface area contributed by atoms with E-state index >= 15 is 0 Å². The highest BCUT2D eigenvalue weighted by Gasteiger charge is 2.21. The summed E-state index contributed by atoms with van der Waals surface area (Å²) in [6.07, 6.45) is 60.4. The monoisotopic (exact) mass is 930 g/mol. The van der Waals surface area contributed by atoms with E-state index in [1.165, 1.54) is 70.6 Å². The predicted molar refractivity (Wildman–Crippen MR) is 272 cm³/mol. The molecule has 0 radical (unpaired) electrons. The molecule has 0 spiro atoms. The van der Waals surface area contributed by atoms with Crippen LogP contribution in [-0.4, -0.2) is 70.0 Å². The molecule has 0 N–H and O–H groups in total. The van der Waals surface area contributed by atoms with Gasteiger partial charge < -0.3 is 27.9 Å². The Labute approximate surface area is 399 Å². The molecule has 0 aromatic rings. The number of ether oxygens (including phenoxy) is 2. The van der Waals surface area contributed by atoms with Gasteiger partial charge in [0, 0.05) is 12.8 Å². The number of allylic oxidation sites excluding steroid dienone is 14. The molecule has 0 aromatic carbocycles. The van der Waals surface area contributed by atoms with E-state index in [1.807, 2.05) is 21.1 Å². The number of rotatable bonds is 46. The van der Waals surface area contributed by atoms with Gasteiger partial charge in [-0.05, 0) is 89.9 Å². The second kappa shape index (κ2) is 46.3. The van der Waals surface area contributed by atoms with Crippen LogP contribution in [0.5, 0.6) is 0 Å². The minimum Gasteiger partial charge on any atom is -0.756 e. The number of carbonyl (C=O) groups excluding carboxylic acids is 2. The van der Waals surface area contributed by atoms with Gasteiger partial charge in [0.25, 0.3) is 7.82 Å². The molecule has 0 bridgehead atoms. The van der Waals surface area contributed by atoms with Gasteiger partial charge in [-0.1, -0.05) is 182 Å². The molecule has 2 atom stereocenters. The molecular formula is C55H96NO8P. The van der Waals surface area contributed by atoms with Gasteiger partial charge in [0.1, 0.15) is 19.8 Å². The molecule has 0 saturated heterocycles. The summed E-state index contributed by atoms with van der Waals surface area (Å²) in [7, 11) is 1.13. The van der Waals surface area contributed by atoms with Crippen molar-refractivity contribution in [2.75, 3.05) is 47.5 Å². The van der Waals surface area contributed by atoms with E-state index in [-0.39, 0.29) is 26.1 Å². The second-order valence-corrected chi connectivity index (χ2v) is 19.6. The van der Waals surface area contributed by atoms with Crippen LogP contribution < -0.4 is 4.89 Å². The molecule has 0 rings (SSSR count). The van der Waals surface area contributed by atoms with E-state index in [4.69, 9.17) is 18.5 Å². The summed E-state index contributed by atoms with van der Waals surface area (Å²) >= 11 is 0. The standard InChI is InChI=1S/C55H96NO8P/c1-6-8-10-12-14-16-18-20-22-24-26-27-28-29-30-32-34-36-38-40-42-44-46-48-55(58)64-53(52-63-65(59,60)62-50-49-56(3,4)5)51-61-54(57)47-45-43-41-39-37-35-33-31-25-23-21-19-17-15-13-11-9-7-2/h8,10,14,16,20,22-23,25-27,29-30,34,36,53H,6-7,9,11-13,15,17-19,21,24,28,31-33,35,37-52H2,1-5H3/b10-8-,16-14-,22-20-,25-23-,27-26-,30-29-,36-34-. The molecule has 2 unspecified atom stereocenters. The van der Waals surface area contributed by atoms with Crippen LogP contribution in [0, 0.1) is 0 Å². The fourth-order valence-electron chi connectivity index (χ4n) is 6.65. The first-order chi connectivity index (χ1) is 31.5. The number of quaternary nitrogens is 1. The molecule has 0 aromatic heterocycles. The van der Waals surface area contributed by atoms with E-state index in [0.717, 1.165) is 96.3 Å². The van der Waals surface area contributed by atoms with E-state index < -0.39 is 32.5 Å².